The van der Waals surface area contributed by atoms with Crippen molar-refractivity contribution in [3.8, 4) is 0 Å². The maximum absolute atomic E-state index is 13.4. The minimum atomic E-state index is -4.47. The summed E-state index contributed by atoms with van der Waals surface area (Å²) >= 11 is 3.45. The van der Waals surface area contributed by atoms with Gasteiger partial charge in [-0.15, -0.1) is 0 Å². The van der Waals surface area contributed by atoms with Gasteiger partial charge in [0.25, 0.3) is 11.8 Å². The van der Waals surface area contributed by atoms with Crippen molar-refractivity contribution in [2.75, 3.05) is 18.0 Å². The molecule has 2 aromatic carbocycles. The molecule has 0 saturated carbocycles. The normalized spacial score (nSPS) is 11.2. The predicted molar refractivity (Wildman–Crippen MR) is 127 cm³/mol. The topological polar surface area (TPSA) is 53.3 Å². The van der Waals surface area contributed by atoms with E-state index in [0.717, 1.165) is 41.7 Å². The van der Waals surface area contributed by atoms with Crippen LogP contribution in [0.15, 0.2) is 77.5 Å². The number of pyridine rings is 1. The number of alkyl halides is 3. The molecule has 0 spiro atoms. The molecule has 178 valence electrons. The van der Waals surface area contributed by atoms with E-state index < -0.39 is 17.6 Å². The number of para-hydroxylation sites is 1. The second-order valence-electron chi connectivity index (χ2n) is 7.60. The van der Waals surface area contributed by atoms with Crippen molar-refractivity contribution in [3.05, 3.63) is 94.2 Å². The average Bonchev–Trinajstić information content (AvgIpc) is 2.81. The summed E-state index contributed by atoms with van der Waals surface area (Å²) in [5, 5.41) is 2.68. The highest BCUT2D eigenvalue weighted by molar-refractivity contribution is 9.10. The zero-order valence-electron chi connectivity index (χ0n) is 18.5. The first-order valence-electron chi connectivity index (χ1n) is 10.7. The Balaban J connectivity index is 1.74. The SMILES string of the molecule is CCC[n+]1cc(Br)cc(C(=O)N(CCNC(=O)c2ccc(C(F)(F)F)cc2)c2ccccc2)c1. The average molecular weight is 535 g/mol. The Bertz CT molecular complexity index is 1140. The number of hydrogen-bond donors (Lipinski definition) is 1. The summed E-state index contributed by atoms with van der Waals surface area (Å²) in [6, 6.07) is 14.8. The van der Waals surface area contributed by atoms with E-state index in [1.54, 1.807) is 29.3 Å². The van der Waals surface area contributed by atoms with Crippen molar-refractivity contribution >= 4 is 33.4 Å². The van der Waals surface area contributed by atoms with E-state index in [2.05, 4.69) is 21.2 Å². The molecule has 0 unspecified atom stereocenters. The molecule has 0 radical (unpaired) electrons. The number of amides is 2. The molecule has 1 N–H and O–H groups in total. The van der Waals surface area contributed by atoms with Crippen molar-refractivity contribution in [1.29, 1.82) is 0 Å². The second kappa shape index (κ2) is 11.3. The van der Waals surface area contributed by atoms with Gasteiger partial charge in [0.15, 0.2) is 12.4 Å². The molecular formula is C25H24BrF3N3O2+. The molecule has 0 aliphatic heterocycles. The van der Waals surface area contributed by atoms with Crippen LogP contribution in [0.2, 0.25) is 0 Å². The lowest BCUT2D eigenvalue weighted by Gasteiger charge is -2.23. The quantitative estimate of drug-likeness (QED) is 0.401. The fourth-order valence-electron chi connectivity index (χ4n) is 3.41. The lowest BCUT2D eigenvalue weighted by molar-refractivity contribution is -0.697. The van der Waals surface area contributed by atoms with Gasteiger partial charge in [-0.2, -0.15) is 13.2 Å². The monoisotopic (exact) mass is 534 g/mol. The number of halogens is 4. The van der Waals surface area contributed by atoms with Gasteiger partial charge < -0.3 is 10.2 Å². The highest BCUT2D eigenvalue weighted by atomic mass is 79.9. The molecule has 34 heavy (non-hydrogen) atoms. The summed E-state index contributed by atoms with van der Waals surface area (Å²) < 4.78 is 40.9. The Morgan fingerprint density at radius 3 is 2.29 bits per heavy atom. The number of aryl methyl sites for hydroxylation is 1. The number of rotatable bonds is 8. The largest absolute Gasteiger partial charge is 0.416 e. The first-order valence-corrected chi connectivity index (χ1v) is 11.5. The molecule has 2 amide bonds. The van der Waals surface area contributed by atoms with E-state index in [4.69, 9.17) is 0 Å². The molecule has 0 saturated heterocycles. The smallest absolute Gasteiger partial charge is 0.350 e. The molecule has 0 bridgehead atoms. The Labute approximate surface area is 204 Å². The standard InChI is InChI=1S/C25H23BrF3N3O2/c1-2-13-31-16-19(15-21(26)17-31)24(34)32(22-6-4-3-5-7-22)14-12-30-23(33)18-8-10-20(11-9-18)25(27,28)29/h3-11,15-17H,2,12-14H2,1H3/p+1. The second-order valence-corrected chi connectivity index (χ2v) is 8.52. The lowest BCUT2D eigenvalue weighted by Crippen LogP contribution is -2.40. The van der Waals surface area contributed by atoms with Crippen LogP contribution in [0, 0.1) is 0 Å². The van der Waals surface area contributed by atoms with E-state index >= 15 is 0 Å². The maximum Gasteiger partial charge on any atom is 0.416 e. The van der Waals surface area contributed by atoms with E-state index in [1.807, 2.05) is 35.9 Å². The number of benzene rings is 2. The highest BCUT2D eigenvalue weighted by Gasteiger charge is 2.30. The summed E-state index contributed by atoms with van der Waals surface area (Å²) in [7, 11) is 0. The third-order valence-electron chi connectivity index (χ3n) is 5.02. The van der Waals surface area contributed by atoms with Crippen LogP contribution in [0.25, 0.3) is 0 Å². The van der Waals surface area contributed by atoms with Crippen LogP contribution < -0.4 is 14.8 Å². The third-order valence-corrected chi connectivity index (χ3v) is 5.46. The minimum absolute atomic E-state index is 0.109. The zero-order valence-corrected chi connectivity index (χ0v) is 20.1. The molecule has 1 aromatic heterocycles. The van der Waals surface area contributed by atoms with Crippen molar-refractivity contribution in [3.63, 3.8) is 0 Å². The molecule has 5 nitrogen and oxygen atoms in total. The van der Waals surface area contributed by atoms with Gasteiger partial charge in [-0.1, -0.05) is 25.1 Å². The van der Waals surface area contributed by atoms with E-state index in [1.165, 1.54) is 0 Å². The number of nitrogens with one attached hydrogen (secondary N) is 1. The van der Waals surface area contributed by atoms with Crippen molar-refractivity contribution < 1.29 is 27.3 Å². The van der Waals surface area contributed by atoms with Gasteiger partial charge in [0, 0.05) is 30.8 Å². The zero-order chi connectivity index (χ0) is 24.7. The summed E-state index contributed by atoms with van der Waals surface area (Å²) in [6.45, 7) is 3.10. The minimum Gasteiger partial charge on any atom is -0.350 e. The fourth-order valence-corrected chi connectivity index (χ4v) is 3.92. The van der Waals surface area contributed by atoms with Crippen LogP contribution >= 0.6 is 15.9 Å². The Kier molecular flexibility index (Phi) is 8.44. The van der Waals surface area contributed by atoms with Gasteiger partial charge in [0.1, 0.15) is 12.1 Å². The van der Waals surface area contributed by atoms with Crippen LogP contribution in [0.3, 0.4) is 0 Å². The molecule has 9 heteroatoms. The number of nitrogens with zero attached hydrogens (tertiary/aromatic N) is 2. The number of carbonyl (C=O) groups excluding carboxylic acids is 2. The van der Waals surface area contributed by atoms with E-state index in [0.29, 0.717) is 11.3 Å². The van der Waals surface area contributed by atoms with Crippen LogP contribution in [0.1, 0.15) is 39.6 Å². The molecule has 3 aromatic rings. The Hall–Kier alpha value is -3.20. The highest BCUT2D eigenvalue weighted by Crippen LogP contribution is 2.29. The van der Waals surface area contributed by atoms with Crippen LogP contribution in [0.5, 0.6) is 0 Å². The van der Waals surface area contributed by atoms with E-state index in [-0.39, 0.29) is 24.6 Å². The summed E-state index contributed by atoms with van der Waals surface area (Å²) in [5.74, 6) is -0.751. The summed E-state index contributed by atoms with van der Waals surface area (Å²) in [6.07, 6.45) is 0.130. The Morgan fingerprint density at radius 2 is 1.68 bits per heavy atom. The van der Waals surface area contributed by atoms with E-state index in [9.17, 15) is 22.8 Å². The number of hydrogen-bond acceptors (Lipinski definition) is 2. The first kappa shape index (κ1) is 25.4. The van der Waals surface area contributed by atoms with Gasteiger partial charge >= 0.3 is 6.18 Å². The lowest BCUT2D eigenvalue weighted by atomic mass is 10.1. The molecule has 3 rings (SSSR count). The van der Waals surface area contributed by atoms with Gasteiger partial charge in [-0.25, -0.2) is 4.57 Å². The fraction of sp³-hybridized carbons (Fsp3) is 0.240. The van der Waals surface area contributed by atoms with Gasteiger partial charge in [-0.3, -0.25) is 9.59 Å². The van der Waals surface area contributed by atoms with Crippen molar-refractivity contribution in [2.45, 2.75) is 26.1 Å². The predicted octanol–water partition coefficient (Wildman–Crippen LogP) is 5.24. The number of anilines is 1. The Morgan fingerprint density at radius 1 is 1.00 bits per heavy atom. The summed E-state index contributed by atoms with van der Waals surface area (Å²) in [5.41, 5.74) is 0.441. The van der Waals surface area contributed by atoms with Gasteiger partial charge in [-0.05, 0) is 58.4 Å². The third kappa shape index (κ3) is 6.66. The maximum atomic E-state index is 13.4. The van der Waals surface area contributed by atoms with Crippen LogP contribution in [-0.4, -0.2) is 24.9 Å². The molecule has 1 heterocycles. The summed E-state index contributed by atoms with van der Waals surface area (Å²) in [4.78, 5) is 27.4. The molecule has 0 aliphatic carbocycles. The number of aromatic nitrogens is 1. The molecular weight excluding hydrogens is 511 g/mol. The molecule has 0 aliphatic rings. The van der Waals surface area contributed by atoms with Gasteiger partial charge in [0.05, 0.1) is 10.0 Å². The van der Waals surface area contributed by atoms with Crippen molar-refractivity contribution in [2.24, 2.45) is 0 Å². The van der Waals surface area contributed by atoms with Crippen molar-refractivity contribution in [1.82, 2.24) is 5.32 Å². The first-order chi connectivity index (χ1) is 16.2. The van der Waals surface area contributed by atoms with Gasteiger partial charge in [0.2, 0.25) is 0 Å². The molecule has 0 atom stereocenters. The van der Waals surface area contributed by atoms with Crippen LogP contribution in [0.4, 0.5) is 18.9 Å². The molecule has 0 fully saturated rings. The van der Waals surface area contributed by atoms with Crippen LogP contribution in [-0.2, 0) is 12.7 Å². The number of carbonyl (C=O) groups is 2.